The second kappa shape index (κ2) is 8.03. The minimum absolute atomic E-state index is 0.0872. The van der Waals surface area contributed by atoms with Gasteiger partial charge in [-0.15, -0.1) is 0 Å². The van der Waals surface area contributed by atoms with Crippen LogP contribution < -0.4 is 19.1 Å². The van der Waals surface area contributed by atoms with Crippen molar-refractivity contribution in [1.82, 2.24) is 4.72 Å². The number of nitrogens with zero attached hydrogens (tertiary/aromatic N) is 1. The van der Waals surface area contributed by atoms with Gasteiger partial charge in [0.2, 0.25) is 10.0 Å². The van der Waals surface area contributed by atoms with Gasteiger partial charge in [0.05, 0.1) is 20.8 Å². The van der Waals surface area contributed by atoms with Gasteiger partial charge in [0.15, 0.2) is 11.5 Å². The zero-order valence-electron chi connectivity index (χ0n) is 15.3. The molecular weight excluding hydrogens is 391 g/mol. The molecule has 3 rings (SSSR count). The van der Waals surface area contributed by atoms with Gasteiger partial charge in [0.25, 0.3) is 0 Å². The first-order valence-electron chi connectivity index (χ1n) is 8.30. The molecule has 0 aromatic heterocycles. The molecule has 2 aromatic rings. The van der Waals surface area contributed by atoms with Gasteiger partial charge in [0, 0.05) is 24.4 Å². The Kier molecular flexibility index (Phi) is 5.71. The minimum atomic E-state index is -4.16. The monoisotopic (exact) mass is 410 g/mol. The van der Waals surface area contributed by atoms with E-state index in [4.69, 9.17) is 14.2 Å². The van der Waals surface area contributed by atoms with Crippen LogP contribution in [0, 0.1) is 5.82 Å². The van der Waals surface area contributed by atoms with Crippen molar-refractivity contribution < 1.29 is 31.8 Å². The van der Waals surface area contributed by atoms with Gasteiger partial charge < -0.3 is 14.2 Å². The van der Waals surface area contributed by atoms with Crippen LogP contribution in [0.1, 0.15) is 5.56 Å². The maximum atomic E-state index is 14.3. The third kappa shape index (κ3) is 4.02. The molecule has 1 N–H and O–H groups in total. The summed E-state index contributed by atoms with van der Waals surface area (Å²) in [6, 6.07) is 8.79. The molecule has 0 spiro atoms. The molecule has 1 aliphatic rings. The molecule has 28 heavy (non-hydrogen) atoms. The highest BCUT2D eigenvalue weighted by molar-refractivity contribution is 7.89. The average molecular weight is 410 g/mol. The Labute approximate surface area is 161 Å². The molecule has 2 aromatic carbocycles. The summed E-state index contributed by atoms with van der Waals surface area (Å²) in [7, 11) is -1.50. The van der Waals surface area contributed by atoms with Gasteiger partial charge in [-0.2, -0.15) is 0 Å². The number of anilines is 1. The number of benzene rings is 2. The molecule has 0 radical (unpaired) electrons. The van der Waals surface area contributed by atoms with Crippen LogP contribution in [-0.4, -0.2) is 41.9 Å². The average Bonchev–Trinajstić information content (AvgIpc) is 3.12. The van der Waals surface area contributed by atoms with Crippen molar-refractivity contribution >= 4 is 21.8 Å². The second-order valence-electron chi connectivity index (χ2n) is 5.90. The Morgan fingerprint density at radius 1 is 1.18 bits per heavy atom. The van der Waals surface area contributed by atoms with E-state index >= 15 is 0 Å². The van der Waals surface area contributed by atoms with Crippen LogP contribution in [-0.2, 0) is 21.3 Å². The lowest BCUT2D eigenvalue weighted by atomic mass is 10.2. The predicted octanol–water partition coefficient (Wildman–Crippen LogP) is 2.28. The summed E-state index contributed by atoms with van der Waals surface area (Å²) in [6.45, 7) is 0.631. The van der Waals surface area contributed by atoms with Crippen molar-refractivity contribution in [3.63, 3.8) is 0 Å². The normalized spacial score (nSPS) is 14.1. The minimum Gasteiger partial charge on any atom is -0.493 e. The fourth-order valence-corrected chi connectivity index (χ4v) is 3.85. The molecule has 0 aliphatic carbocycles. The number of carbonyl (C=O) groups is 1. The summed E-state index contributed by atoms with van der Waals surface area (Å²) in [5.74, 6) is -0.776. The number of rotatable bonds is 7. The third-order valence-corrected chi connectivity index (χ3v) is 5.59. The molecule has 150 valence electrons. The quantitative estimate of drug-likeness (QED) is 0.753. The fraction of sp³-hybridized carbons (Fsp3) is 0.278. The lowest BCUT2D eigenvalue weighted by Gasteiger charge is -2.15. The number of nitrogens with one attached hydrogen (secondary N) is 1. The molecular formula is C18H19FN2O6S. The molecule has 1 aliphatic heterocycles. The summed E-state index contributed by atoms with van der Waals surface area (Å²) in [6.07, 6.45) is -0.454. The molecule has 1 fully saturated rings. The van der Waals surface area contributed by atoms with Gasteiger partial charge >= 0.3 is 6.09 Å². The van der Waals surface area contributed by atoms with Crippen LogP contribution in [0.25, 0.3) is 0 Å². The van der Waals surface area contributed by atoms with E-state index in [1.807, 2.05) is 0 Å². The van der Waals surface area contributed by atoms with E-state index in [1.165, 1.54) is 19.1 Å². The van der Waals surface area contributed by atoms with E-state index in [9.17, 15) is 17.6 Å². The first-order chi connectivity index (χ1) is 13.4. The van der Waals surface area contributed by atoms with Crippen LogP contribution in [0.5, 0.6) is 11.5 Å². The number of hydrogen-bond acceptors (Lipinski definition) is 6. The lowest BCUT2D eigenvalue weighted by Crippen LogP contribution is -2.25. The molecule has 1 saturated heterocycles. The van der Waals surface area contributed by atoms with Crippen molar-refractivity contribution in [1.29, 1.82) is 0 Å². The van der Waals surface area contributed by atoms with Crippen molar-refractivity contribution in [3.8, 4) is 11.5 Å². The maximum Gasteiger partial charge on any atom is 0.414 e. The Hall–Kier alpha value is -2.85. The van der Waals surface area contributed by atoms with Gasteiger partial charge in [-0.05, 0) is 17.7 Å². The van der Waals surface area contributed by atoms with Crippen LogP contribution in [0.3, 0.4) is 0 Å². The van der Waals surface area contributed by atoms with Crippen LogP contribution in [0.2, 0.25) is 0 Å². The summed E-state index contributed by atoms with van der Waals surface area (Å²) in [5, 5.41) is 0. The number of carbonyl (C=O) groups excluding carboxylic acids is 1. The number of amides is 1. The second-order valence-corrected chi connectivity index (χ2v) is 7.63. The van der Waals surface area contributed by atoms with Crippen molar-refractivity contribution in [2.45, 2.75) is 11.4 Å². The van der Waals surface area contributed by atoms with Gasteiger partial charge in [-0.3, -0.25) is 4.90 Å². The molecule has 0 atom stereocenters. The number of hydrogen-bond donors (Lipinski definition) is 1. The number of ether oxygens (including phenoxy) is 3. The van der Waals surface area contributed by atoms with Crippen molar-refractivity contribution in [2.75, 3.05) is 32.3 Å². The highest BCUT2D eigenvalue weighted by Gasteiger charge is 2.25. The van der Waals surface area contributed by atoms with E-state index in [0.29, 0.717) is 24.4 Å². The molecule has 1 amide bonds. The van der Waals surface area contributed by atoms with E-state index < -0.39 is 26.8 Å². The van der Waals surface area contributed by atoms with Gasteiger partial charge in [0.1, 0.15) is 17.3 Å². The summed E-state index contributed by atoms with van der Waals surface area (Å²) in [4.78, 5) is 12.6. The van der Waals surface area contributed by atoms with E-state index in [2.05, 4.69) is 4.72 Å². The van der Waals surface area contributed by atoms with E-state index in [-0.39, 0.29) is 18.0 Å². The zero-order valence-corrected chi connectivity index (χ0v) is 16.1. The molecule has 0 bridgehead atoms. The number of sulfonamides is 1. The Morgan fingerprint density at radius 3 is 2.54 bits per heavy atom. The topological polar surface area (TPSA) is 94.2 Å². The highest BCUT2D eigenvalue weighted by atomic mass is 32.2. The van der Waals surface area contributed by atoms with E-state index in [1.54, 1.807) is 24.3 Å². The van der Waals surface area contributed by atoms with Crippen LogP contribution in [0.4, 0.5) is 14.9 Å². The lowest BCUT2D eigenvalue weighted by molar-refractivity contribution is 0.181. The Balaban J connectivity index is 1.80. The van der Waals surface area contributed by atoms with Crippen LogP contribution >= 0.6 is 0 Å². The van der Waals surface area contributed by atoms with Gasteiger partial charge in [-0.1, -0.05) is 12.1 Å². The predicted molar refractivity (Wildman–Crippen MR) is 98.7 cm³/mol. The Morgan fingerprint density at radius 2 is 1.89 bits per heavy atom. The SMILES string of the molecule is COc1cc(F)c(S(=O)(=O)NCc2cccc(N3CCOC3=O)c2)cc1OC. The first-order valence-corrected chi connectivity index (χ1v) is 9.78. The van der Waals surface area contributed by atoms with E-state index in [0.717, 1.165) is 12.1 Å². The summed E-state index contributed by atoms with van der Waals surface area (Å²) in [5.41, 5.74) is 1.19. The summed E-state index contributed by atoms with van der Waals surface area (Å²) < 4.78 is 56.6. The molecule has 10 heteroatoms. The molecule has 0 unspecified atom stereocenters. The van der Waals surface area contributed by atoms with Crippen molar-refractivity contribution in [2.24, 2.45) is 0 Å². The highest BCUT2D eigenvalue weighted by Crippen LogP contribution is 2.32. The fourth-order valence-electron chi connectivity index (χ4n) is 2.76. The van der Waals surface area contributed by atoms with Crippen molar-refractivity contribution in [3.05, 3.63) is 47.8 Å². The zero-order chi connectivity index (χ0) is 20.3. The largest absolute Gasteiger partial charge is 0.493 e. The third-order valence-electron chi connectivity index (χ3n) is 4.18. The standard InChI is InChI=1S/C18H19FN2O6S/c1-25-15-9-14(19)17(10-16(15)26-2)28(23,24)20-11-12-4-3-5-13(8-12)21-6-7-27-18(21)22/h3-5,8-10,20H,6-7,11H2,1-2H3. The Bertz CT molecular complexity index is 996. The molecule has 0 saturated carbocycles. The molecule has 8 nitrogen and oxygen atoms in total. The maximum absolute atomic E-state index is 14.3. The number of methoxy groups -OCH3 is 2. The van der Waals surface area contributed by atoms with Gasteiger partial charge in [-0.25, -0.2) is 22.3 Å². The van der Waals surface area contributed by atoms with Crippen LogP contribution in [0.15, 0.2) is 41.3 Å². The smallest absolute Gasteiger partial charge is 0.414 e. The first kappa shape index (κ1) is 19.9. The molecule has 1 heterocycles. The summed E-state index contributed by atoms with van der Waals surface area (Å²) >= 11 is 0. The number of cyclic esters (lactones) is 1. The number of halogens is 1.